The van der Waals surface area contributed by atoms with E-state index in [1.165, 1.54) is 0 Å². The molecule has 0 radical (unpaired) electrons. The first-order chi connectivity index (χ1) is 7.67. The summed E-state index contributed by atoms with van der Waals surface area (Å²) < 4.78 is 0. The fourth-order valence-corrected chi connectivity index (χ4v) is 1.99. The highest BCUT2D eigenvalue weighted by Crippen LogP contribution is 2.12. The Morgan fingerprint density at radius 2 is 2.44 bits per heavy atom. The molecule has 1 amide bonds. The van der Waals surface area contributed by atoms with Crippen LogP contribution in [0.2, 0.25) is 0 Å². The molecule has 0 aliphatic rings. The molecule has 1 aromatic heterocycles. The lowest BCUT2D eigenvalue weighted by atomic mass is 10.3. The summed E-state index contributed by atoms with van der Waals surface area (Å²) in [5.74, 6) is -0.194. The normalized spacial score (nSPS) is 11.4. The van der Waals surface area contributed by atoms with Crippen molar-refractivity contribution in [3.8, 4) is 0 Å². The van der Waals surface area contributed by atoms with Crippen LogP contribution >= 0.6 is 11.3 Å². The predicted octanol–water partition coefficient (Wildman–Crippen LogP) is 1.23. The molecule has 0 fully saturated rings. The summed E-state index contributed by atoms with van der Waals surface area (Å²) >= 11 is 1.60. The van der Waals surface area contributed by atoms with Gasteiger partial charge in [0.1, 0.15) is 5.84 Å². The summed E-state index contributed by atoms with van der Waals surface area (Å²) in [6.07, 6.45) is -0.0459. The van der Waals surface area contributed by atoms with Crippen molar-refractivity contribution in [2.75, 3.05) is 6.54 Å². The predicted molar refractivity (Wildman–Crippen MR) is 63.4 cm³/mol. The molecule has 0 spiro atoms. The molecular formula is C10H15N3O2S. The van der Waals surface area contributed by atoms with E-state index in [4.69, 9.17) is 10.9 Å². The Labute approximate surface area is 98.2 Å². The highest BCUT2D eigenvalue weighted by Gasteiger charge is 2.14. The largest absolute Gasteiger partial charge is 0.409 e. The van der Waals surface area contributed by atoms with Gasteiger partial charge in [-0.3, -0.25) is 4.79 Å². The van der Waals surface area contributed by atoms with Gasteiger partial charge < -0.3 is 15.8 Å². The van der Waals surface area contributed by atoms with E-state index in [0.717, 1.165) is 4.88 Å². The quantitative estimate of drug-likeness (QED) is 0.352. The van der Waals surface area contributed by atoms with E-state index in [9.17, 15) is 4.79 Å². The van der Waals surface area contributed by atoms with Crippen molar-refractivity contribution in [3.05, 3.63) is 22.4 Å². The van der Waals surface area contributed by atoms with E-state index < -0.39 is 0 Å². The van der Waals surface area contributed by atoms with Crippen LogP contribution in [0.3, 0.4) is 0 Å². The van der Waals surface area contributed by atoms with Gasteiger partial charge in [-0.1, -0.05) is 11.2 Å². The molecule has 1 aromatic rings. The third-order valence-electron chi connectivity index (χ3n) is 2.12. The molecule has 0 aliphatic heterocycles. The molecule has 5 nitrogen and oxygen atoms in total. The minimum atomic E-state index is -0.133. The Morgan fingerprint density at radius 3 is 2.94 bits per heavy atom. The first-order valence-electron chi connectivity index (χ1n) is 4.94. The number of rotatable bonds is 5. The summed E-state index contributed by atoms with van der Waals surface area (Å²) in [6.45, 7) is 3.08. The molecule has 0 atom stereocenters. The van der Waals surface area contributed by atoms with Crippen LogP contribution in [0.4, 0.5) is 0 Å². The number of amides is 1. The highest BCUT2D eigenvalue weighted by atomic mass is 32.1. The summed E-state index contributed by atoms with van der Waals surface area (Å²) in [6, 6.07) is 3.92. The lowest BCUT2D eigenvalue weighted by Crippen LogP contribution is -2.33. The highest BCUT2D eigenvalue weighted by molar-refractivity contribution is 7.09. The Hall–Kier alpha value is -1.56. The molecule has 0 saturated heterocycles. The zero-order chi connectivity index (χ0) is 12.0. The maximum atomic E-state index is 11.7. The van der Waals surface area contributed by atoms with Crippen LogP contribution in [0.15, 0.2) is 22.7 Å². The molecule has 0 unspecified atom stereocenters. The zero-order valence-electron chi connectivity index (χ0n) is 9.09. The van der Waals surface area contributed by atoms with Crippen molar-refractivity contribution in [2.24, 2.45) is 10.9 Å². The second-order valence-corrected chi connectivity index (χ2v) is 4.29. The van der Waals surface area contributed by atoms with Crippen LogP contribution in [-0.4, -0.2) is 28.4 Å². The van der Waals surface area contributed by atoms with Gasteiger partial charge >= 0.3 is 0 Å². The van der Waals surface area contributed by atoms with E-state index in [1.807, 2.05) is 24.4 Å². The molecule has 0 saturated carbocycles. The van der Waals surface area contributed by atoms with Gasteiger partial charge in [0.2, 0.25) is 5.91 Å². The number of thiophene rings is 1. The van der Waals surface area contributed by atoms with Crippen molar-refractivity contribution in [2.45, 2.75) is 19.9 Å². The summed E-state index contributed by atoms with van der Waals surface area (Å²) in [7, 11) is 0. The molecule has 16 heavy (non-hydrogen) atoms. The van der Waals surface area contributed by atoms with Gasteiger partial charge in [-0.15, -0.1) is 11.3 Å². The lowest BCUT2D eigenvalue weighted by molar-refractivity contribution is -0.130. The molecule has 0 bridgehead atoms. The summed E-state index contributed by atoms with van der Waals surface area (Å²) in [5, 5.41) is 13.2. The van der Waals surface area contributed by atoms with E-state index in [1.54, 1.807) is 16.2 Å². The maximum Gasteiger partial charge on any atom is 0.230 e. The van der Waals surface area contributed by atoms with E-state index >= 15 is 0 Å². The molecule has 1 heterocycles. The average Bonchev–Trinajstić information content (AvgIpc) is 2.78. The topological polar surface area (TPSA) is 78.9 Å². The minimum absolute atomic E-state index is 0.0459. The van der Waals surface area contributed by atoms with Gasteiger partial charge in [0.15, 0.2) is 0 Å². The molecule has 0 aromatic carbocycles. The Morgan fingerprint density at radius 1 is 1.69 bits per heavy atom. The molecule has 0 aliphatic carbocycles. The number of carbonyl (C=O) groups is 1. The van der Waals surface area contributed by atoms with E-state index in [0.29, 0.717) is 13.1 Å². The smallest absolute Gasteiger partial charge is 0.230 e. The van der Waals surface area contributed by atoms with Crippen molar-refractivity contribution < 1.29 is 10.0 Å². The Balaban J connectivity index is 2.57. The number of carbonyl (C=O) groups excluding carboxylic acids is 1. The summed E-state index contributed by atoms with van der Waals surface area (Å²) in [5.41, 5.74) is 5.29. The van der Waals surface area contributed by atoms with Crippen LogP contribution in [0.5, 0.6) is 0 Å². The molecule has 88 valence electrons. The van der Waals surface area contributed by atoms with Gasteiger partial charge in [0, 0.05) is 11.4 Å². The van der Waals surface area contributed by atoms with Crippen molar-refractivity contribution in [1.82, 2.24) is 4.90 Å². The first-order valence-corrected chi connectivity index (χ1v) is 5.82. The molecule has 6 heteroatoms. The molecular weight excluding hydrogens is 226 g/mol. The second-order valence-electron chi connectivity index (χ2n) is 3.26. The fraction of sp³-hybridized carbons (Fsp3) is 0.400. The Bertz CT molecular complexity index is 362. The fourth-order valence-electron chi connectivity index (χ4n) is 1.27. The monoisotopic (exact) mass is 241 g/mol. The van der Waals surface area contributed by atoms with Gasteiger partial charge in [0.05, 0.1) is 13.0 Å². The second kappa shape index (κ2) is 6.12. The van der Waals surface area contributed by atoms with Gasteiger partial charge in [-0.25, -0.2) is 0 Å². The van der Waals surface area contributed by atoms with Crippen molar-refractivity contribution in [3.63, 3.8) is 0 Å². The number of hydrogen-bond donors (Lipinski definition) is 2. The van der Waals surface area contributed by atoms with Crippen LogP contribution in [0, 0.1) is 0 Å². The third kappa shape index (κ3) is 3.54. The van der Waals surface area contributed by atoms with E-state index in [-0.39, 0.29) is 18.2 Å². The van der Waals surface area contributed by atoms with E-state index in [2.05, 4.69) is 5.16 Å². The van der Waals surface area contributed by atoms with Crippen LogP contribution in [-0.2, 0) is 11.3 Å². The zero-order valence-corrected chi connectivity index (χ0v) is 9.91. The molecule has 1 rings (SSSR count). The number of oxime groups is 1. The summed E-state index contributed by atoms with van der Waals surface area (Å²) in [4.78, 5) is 14.5. The lowest BCUT2D eigenvalue weighted by Gasteiger charge is -2.19. The van der Waals surface area contributed by atoms with Crippen LogP contribution in [0.25, 0.3) is 0 Å². The Kier molecular flexibility index (Phi) is 4.78. The van der Waals surface area contributed by atoms with Gasteiger partial charge in [-0.2, -0.15) is 0 Å². The SMILES string of the molecule is CCN(Cc1cccs1)C(=O)C/C(N)=N/O. The number of nitrogens with two attached hydrogens (primary N) is 1. The number of amidine groups is 1. The number of nitrogens with zero attached hydrogens (tertiary/aromatic N) is 2. The maximum absolute atomic E-state index is 11.7. The average molecular weight is 241 g/mol. The third-order valence-corrected chi connectivity index (χ3v) is 2.98. The van der Waals surface area contributed by atoms with Crippen LogP contribution in [0.1, 0.15) is 18.2 Å². The standard InChI is InChI=1S/C10H15N3O2S/c1-2-13(7-8-4-3-5-16-8)10(14)6-9(11)12-15/h3-5,15H,2,6-7H2,1H3,(H2,11,12). The first kappa shape index (κ1) is 12.5. The van der Waals surface area contributed by atoms with Gasteiger partial charge in [-0.05, 0) is 18.4 Å². The number of hydrogen-bond acceptors (Lipinski definition) is 4. The van der Waals surface area contributed by atoms with Gasteiger partial charge in [0.25, 0.3) is 0 Å². The molecule has 3 N–H and O–H groups in total. The van der Waals surface area contributed by atoms with Crippen LogP contribution < -0.4 is 5.73 Å². The minimum Gasteiger partial charge on any atom is -0.409 e. The van der Waals surface area contributed by atoms with Crippen molar-refractivity contribution >= 4 is 23.1 Å². The van der Waals surface area contributed by atoms with Crippen molar-refractivity contribution in [1.29, 1.82) is 0 Å².